The Kier molecular flexibility index (Phi) is 1.91. The maximum atomic E-state index is 8.79. The van der Waals surface area contributed by atoms with E-state index in [0.717, 1.165) is 0 Å². The molecule has 0 aromatic heterocycles. The molecule has 2 fully saturated rings. The fourth-order valence-electron chi connectivity index (χ4n) is 1.63. The van der Waals surface area contributed by atoms with Crippen LogP contribution < -0.4 is 5.73 Å². The van der Waals surface area contributed by atoms with E-state index in [9.17, 15) is 0 Å². The van der Waals surface area contributed by atoms with Crippen LogP contribution in [0.15, 0.2) is 0 Å². The molecule has 0 aromatic rings. The SMILES string of the molecule is [2H]C1[C@H](OCCO)[C@@]2([2H])OC(C)(C)O[C@@]2([2H])[C@]1([2H])N. The minimum atomic E-state index is -2.24. The van der Waals surface area contributed by atoms with Gasteiger partial charge in [-0.05, 0) is 20.2 Å². The van der Waals surface area contributed by atoms with Gasteiger partial charge in [0.1, 0.15) is 12.2 Å². The van der Waals surface area contributed by atoms with Crippen molar-refractivity contribution in [2.45, 2.75) is 50.3 Å². The summed E-state index contributed by atoms with van der Waals surface area (Å²) >= 11 is 0. The smallest absolute Gasteiger partial charge is 0.163 e. The predicted octanol–water partition coefficient (Wildman–Crippen LogP) is -0.385. The Labute approximate surface area is 95.1 Å². The van der Waals surface area contributed by atoms with Crippen LogP contribution in [-0.2, 0) is 14.2 Å². The van der Waals surface area contributed by atoms with Gasteiger partial charge in [-0.25, -0.2) is 0 Å². The number of fused-ring (bicyclic) bond motifs is 1. The van der Waals surface area contributed by atoms with Crippen molar-refractivity contribution in [1.82, 2.24) is 0 Å². The summed E-state index contributed by atoms with van der Waals surface area (Å²) in [6.45, 7) is 2.59. The van der Waals surface area contributed by atoms with Crippen molar-refractivity contribution in [2.24, 2.45) is 5.73 Å². The highest BCUT2D eigenvalue weighted by atomic mass is 16.8. The van der Waals surface area contributed by atoms with Crippen LogP contribution in [0.25, 0.3) is 0 Å². The van der Waals surface area contributed by atoms with Gasteiger partial charge in [0.05, 0.1) is 22.1 Å². The molecule has 1 aliphatic heterocycles. The summed E-state index contributed by atoms with van der Waals surface area (Å²) in [5.74, 6) is -1.27. The number of rotatable bonds is 3. The fourth-order valence-corrected chi connectivity index (χ4v) is 1.63. The van der Waals surface area contributed by atoms with E-state index in [4.69, 9.17) is 30.5 Å². The second kappa shape index (κ2) is 3.99. The molecular formula is C10H19NO4. The largest absolute Gasteiger partial charge is 0.394 e. The first-order chi connectivity index (χ1) is 8.52. The van der Waals surface area contributed by atoms with Crippen molar-refractivity contribution in [3.63, 3.8) is 0 Å². The Morgan fingerprint density at radius 2 is 2.27 bits per heavy atom. The maximum absolute atomic E-state index is 8.79. The van der Waals surface area contributed by atoms with Gasteiger partial charge < -0.3 is 25.1 Å². The number of aliphatic hydroxyl groups is 1. The lowest BCUT2D eigenvalue weighted by atomic mass is 10.2. The molecule has 1 heterocycles. The average molecular weight is 221 g/mol. The number of nitrogens with two attached hydrogens (primary N) is 1. The van der Waals surface area contributed by atoms with Gasteiger partial charge in [0, 0.05) is 8.76 Å². The summed E-state index contributed by atoms with van der Waals surface area (Å²) in [6, 6.07) is -2.18. The quantitative estimate of drug-likeness (QED) is 0.679. The Morgan fingerprint density at radius 1 is 1.60 bits per heavy atom. The molecule has 0 aromatic carbocycles. The second-order valence-corrected chi connectivity index (χ2v) is 3.93. The molecule has 1 saturated carbocycles. The van der Waals surface area contributed by atoms with E-state index < -0.39 is 36.5 Å². The molecule has 5 heteroatoms. The molecule has 15 heavy (non-hydrogen) atoms. The molecule has 0 amide bonds. The Balaban J connectivity index is 2.43. The van der Waals surface area contributed by atoms with E-state index in [1.807, 2.05) is 0 Å². The summed E-state index contributed by atoms with van der Waals surface area (Å²) in [5.41, 5.74) is 5.73. The van der Waals surface area contributed by atoms with Crippen molar-refractivity contribution >= 4 is 0 Å². The van der Waals surface area contributed by atoms with Gasteiger partial charge in [-0.1, -0.05) is 0 Å². The van der Waals surface area contributed by atoms with E-state index in [2.05, 4.69) is 0 Å². The first-order valence-corrected chi connectivity index (χ1v) is 4.86. The molecule has 1 saturated heterocycles. The van der Waals surface area contributed by atoms with Crippen LogP contribution in [0.5, 0.6) is 0 Å². The van der Waals surface area contributed by atoms with Crippen molar-refractivity contribution < 1.29 is 24.8 Å². The van der Waals surface area contributed by atoms with Gasteiger partial charge in [0.15, 0.2) is 5.79 Å². The highest BCUT2D eigenvalue weighted by Gasteiger charge is 2.53. The molecule has 1 aliphatic carbocycles. The summed E-state index contributed by atoms with van der Waals surface area (Å²) < 4.78 is 48.5. The van der Waals surface area contributed by atoms with Gasteiger partial charge >= 0.3 is 0 Å². The first-order valence-electron chi connectivity index (χ1n) is 6.93. The highest BCUT2D eigenvalue weighted by Crippen LogP contribution is 2.38. The molecule has 88 valence electrons. The minimum Gasteiger partial charge on any atom is -0.394 e. The van der Waals surface area contributed by atoms with Crippen LogP contribution >= 0.6 is 0 Å². The van der Waals surface area contributed by atoms with Crippen LogP contribution in [0.3, 0.4) is 0 Å². The Hall–Kier alpha value is -0.200. The number of hydrogen-bond donors (Lipinski definition) is 2. The molecule has 5 nitrogen and oxygen atoms in total. The normalized spacial score (nSPS) is 66.7. The van der Waals surface area contributed by atoms with Crippen molar-refractivity contribution in [1.29, 1.82) is 0 Å². The van der Waals surface area contributed by atoms with Gasteiger partial charge in [-0.2, -0.15) is 0 Å². The zero-order chi connectivity index (χ0) is 14.7. The molecule has 5 atom stereocenters. The van der Waals surface area contributed by atoms with Crippen LogP contribution in [-0.4, -0.2) is 48.4 Å². The summed E-state index contributed by atoms with van der Waals surface area (Å²) in [5, 5.41) is 8.79. The van der Waals surface area contributed by atoms with E-state index in [1.54, 1.807) is 0 Å². The monoisotopic (exact) mass is 221 g/mol. The van der Waals surface area contributed by atoms with E-state index in [0.29, 0.717) is 0 Å². The van der Waals surface area contributed by atoms with Crippen LogP contribution in [0.2, 0.25) is 0 Å². The third-order valence-corrected chi connectivity index (χ3v) is 2.17. The highest BCUT2D eigenvalue weighted by molar-refractivity contribution is 5.01. The molecule has 2 rings (SSSR count). The molecule has 0 bridgehead atoms. The fraction of sp³-hybridized carbons (Fsp3) is 1.00. The second-order valence-electron chi connectivity index (χ2n) is 3.93. The predicted molar refractivity (Wildman–Crippen MR) is 53.2 cm³/mol. The van der Waals surface area contributed by atoms with Gasteiger partial charge in [0.2, 0.25) is 0 Å². The Morgan fingerprint density at radius 3 is 2.93 bits per heavy atom. The molecular weight excluding hydrogens is 198 g/mol. The van der Waals surface area contributed by atoms with Gasteiger partial charge in [0.25, 0.3) is 0 Å². The summed E-state index contributed by atoms with van der Waals surface area (Å²) in [6.07, 6.45) is -6.98. The van der Waals surface area contributed by atoms with Crippen molar-refractivity contribution in [2.75, 3.05) is 13.2 Å². The van der Waals surface area contributed by atoms with Gasteiger partial charge in [-0.15, -0.1) is 0 Å². The zero-order valence-corrected chi connectivity index (χ0v) is 8.82. The Bertz CT molecular complexity index is 383. The van der Waals surface area contributed by atoms with Crippen LogP contribution in [0.1, 0.15) is 25.7 Å². The van der Waals surface area contributed by atoms with Crippen LogP contribution in [0.4, 0.5) is 0 Å². The topological polar surface area (TPSA) is 73.9 Å². The lowest BCUT2D eigenvalue weighted by molar-refractivity contribution is -0.168. The summed E-state index contributed by atoms with van der Waals surface area (Å²) in [4.78, 5) is 0. The van der Waals surface area contributed by atoms with Crippen molar-refractivity contribution in [3.05, 3.63) is 0 Å². The maximum Gasteiger partial charge on any atom is 0.163 e. The lowest BCUT2D eigenvalue weighted by Crippen LogP contribution is -2.35. The van der Waals surface area contributed by atoms with E-state index in [-0.39, 0.29) is 13.2 Å². The molecule has 3 N–H and O–H groups in total. The van der Waals surface area contributed by atoms with Crippen LogP contribution in [0, 0.1) is 0 Å². The number of aliphatic hydroxyl groups excluding tert-OH is 1. The van der Waals surface area contributed by atoms with Crippen molar-refractivity contribution in [3.8, 4) is 0 Å². The molecule has 0 radical (unpaired) electrons. The van der Waals surface area contributed by atoms with E-state index >= 15 is 0 Å². The molecule has 1 unspecified atom stereocenters. The third-order valence-electron chi connectivity index (χ3n) is 2.17. The third kappa shape index (κ3) is 2.16. The molecule has 0 spiro atoms. The van der Waals surface area contributed by atoms with E-state index in [1.165, 1.54) is 13.8 Å². The number of hydrogen-bond acceptors (Lipinski definition) is 5. The zero-order valence-electron chi connectivity index (χ0n) is 12.8. The number of ether oxygens (including phenoxy) is 3. The summed E-state index contributed by atoms with van der Waals surface area (Å²) in [7, 11) is 0. The average Bonchev–Trinajstić information content (AvgIpc) is 2.50. The van der Waals surface area contributed by atoms with Gasteiger partial charge in [-0.3, -0.25) is 0 Å². The standard InChI is InChI=1S/C10H19NO4/c1-10(2)14-8-6(11)5-7(9(8)15-10)13-4-3-12/h6-9,12H,3-5,11H2,1-2H3/t6-,7+,8+,9-/m1/s1/i5D,6D,8D,9D/t5?,6-,7+,8+,9-. The lowest BCUT2D eigenvalue weighted by Gasteiger charge is -2.22. The minimum absolute atomic E-state index is 0.128. The molecule has 2 aliphatic rings. The first kappa shape index (κ1) is 7.19.